The van der Waals surface area contributed by atoms with Crippen LogP contribution in [0.2, 0.25) is 0 Å². The van der Waals surface area contributed by atoms with Crippen molar-refractivity contribution in [3.05, 3.63) is 27.1 Å². The minimum atomic E-state index is -0.344. The SMILES string of the molecule is CCn1c(=O)c2conc2n(CC)c1=O. The largest absolute Gasteiger partial charge is 0.362 e. The van der Waals surface area contributed by atoms with Crippen LogP contribution in [0.1, 0.15) is 13.8 Å². The lowest BCUT2D eigenvalue weighted by molar-refractivity contribution is 0.423. The number of aromatic nitrogens is 3. The number of fused-ring (bicyclic) bond motifs is 1. The summed E-state index contributed by atoms with van der Waals surface area (Å²) >= 11 is 0. The maximum Gasteiger partial charge on any atom is 0.332 e. The Morgan fingerprint density at radius 2 is 1.93 bits per heavy atom. The summed E-state index contributed by atoms with van der Waals surface area (Å²) in [6.45, 7) is 4.38. The highest BCUT2D eigenvalue weighted by Crippen LogP contribution is 2.04. The maximum atomic E-state index is 11.8. The molecule has 0 saturated carbocycles. The number of aryl methyl sites for hydroxylation is 1. The molecule has 0 aromatic carbocycles. The second-order valence-electron chi connectivity index (χ2n) is 3.13. The molecule has 0 aliphatic heterocycles. The summed E-state index contributed by atoms with van der Waals surface area (Å²) in [6.07, 6.45) is 1.27. The number of nitrogens with zero attached hydrogens (tertiary/aromatic N) is 3. The highest BCUT2D eigenvalue weighted by Gasteiger charge is 2.13. The minimum absolute atomic E-state index is 0.317. The van der Waals surface area contributed by atoms with Crippen LogP contribution in [0, 0.1) is 0 Å². The Labute approximate surface area is 84.7 Å². The van der Waals surface area contributed by atoms with Gasteiger partial charge in [-0.1, -0.05) is 5.16 Å². The van der Waals surface area contributed by atoms with Gasteiger partial charge in [0, 0.05) is 13.1 Å². The lowest BCUT2D eigenvalue weighted by atomic mass is 10.4. The van der Waals surface area contributed by atoms with Gasteiger partial charge in [0.05, 0.1) is 0 Å². The fourth-order valence-corrected chi connectivity index (χ4v) is 1.60. The zero-order chi connectivity index (χ0) is 11.0. The molecular formula is C9H11N3O3. The van der Waals surface area contributed by atoms with E-state index in [4.69, 9.17) is 4.52 Å². The summed E-state index contributed by atoms with van der Waals surface area (Å²) in [6, 6.07) is 0. The predicted molar refractivity (Wildman–Crippen MR) is 53.9 cm³/mol. The third kappa shape index (κ3) is 1.21. The van der Waals surface area contributed by atoms with Crippen molar-refractivity contribution in [1.29, 1.82) is 0 Å². The molecule has 0 radical (unpaired) electrons. The summed E-state index contributed by atoms with van der Waals surface area (Å²) in [5.74, 6) is 0. The average Bonchev–Trinajstić information content (AvgIpc) is 2.68. The molecule has 2 aromatic heterocycles. The molecular weight excluding hydrogens is 198 g/mol. The zero-order valence-electron chi connectivity index (χ0n) is 8.56. The standard InChI is InChI=1S/C9H11N3O3/c1-3-11-7-6(5-15-10-7)8(13)12(4-2)9(11)14/h5H,3-4H2,1-2H3. The summed E-state index contributed by atoms with van der Waals surface area (Å²) in [7, 11) is 0. The van der Waals surface area contributed by atoms with Gasteiger partial charge in [-0.25, -0.2) is 4.79 Å². The van der Waals surface area contributed by atoms with Crippen LogP contribution in [0.3, 0.4) is 0 Å². The lowest BCUT2D eigenvalue weighted by Gasteiger charge is -2.06. The molecule has 6 nitrogen and oxygen atoms in total. The van der Waals surface area contributed by atoms with Gasteiger partial charge < -0.3 is 4.52 Å². The van der Waals surface area contributed by atoms with Gasteiger partial charge in [0.25, 0.3) is 5.56 Å². The fourth-order valence-electron chi connectivity index (χ4n) is 1.60. The van der Waals surface area contributed by atoms with E-state index in [9.17, 15) is 9.59 Å². The van der Waals surface area contributed by atoms with Crippen LogP contribution in [-0.2, 0) is 13.1 Å². The Bertz CT molecular complexity index is 605. The van der Waals surface area contributed by atoms with Gasteiger partial charge in [0.1, 0.15) is 11.6 Å². The quantitative estimate of drug-likeness (QED) is 0.708. The molecule has 80 valence electrons. The first-order valence-electron chi connectivity index (χ1n) is 4.78. The van der Waals surface area contributed by atoms with Crippen molar-refractivity contribution in [1.82, 2.24) is 14.3 Å². The first-order chi connectivity index (χ1) is 7.20. The van der Waals surface area contributed by atoms with E-state index in [-0.39, 0.29) is 11.2 Å². The Hall–Kier alpha value is -1.85. The Kier molecular flexibility index (Phi) is 2.18. The molecule has 2 rings (SSSR count). The normalized spacial score (nSPS) is 11.1. The molecule has 2 heterocycles. The molecule has 0 aliphatic rings. The van der Waals surface area contributed by atoms with Crippen LogP contribution in [-0.4, -0.2) is 14.3 Å². The van der Waals surface area contributed by atoms with E-state index in [1.54, 1.807) is 6.92 Å². The Morgan fingerprint density at radius 3 is 2.53 bits per heavy atom. The van der Waals surface area contributed by atoms with Crippen molar-refractivity contribution in [3.63, 3.8) is 0 Å². The molecule has 0 aliphatic carbocycles. The van der Waals surface area contributed by atoms with Gasteiger partial charge in [0.2, 0.25) is 0 Å². The first kappa shape index (κ1) is 9.70. The van der Waals surface area contributed by atoms with Crippen LogP contribution in [0.15, 0.2) is 20.4 Å². The Morgan fingerprint density at radius 1 is 1.27 bits per heavy atom. The predicted octanol–water partition coefficient (Wildman–Crippen LogP) is 0.191. The molecule has 0 saturated heterocycles. The van der Waals surface area contributed by atoms with E-state index in [0.717, 1.165) is 0 Å². The first-order valence-corrected chi connectivity index (χ1v) is 4.78. The van der Waals surface area contributed by atoms with Gasteiger partial charge in [-0.05, 0) is 13.8 Å². The number of hydrogen-bond donors (Lipinski definition) is 0. The lowest BCUT2D eigenvalue weighted by Crippen LogP contribution is -2.39. The molecule has 0 bridgehead atoms. The van der Waals surface area contributed by atoms with Gasteiger partial charge in [-0.15, -0.1) is 0 Å². The highest BCUT2D eigenvalue weighted by atomic mass is 16.5. The van der Waals surface area contributed by atoms with E-state index < -0.39 is 0 Å². The van der Waals surface area contributed by atoms with Crippen molar-refractivity contribution < 1.29 is 4.52 Å². The van der Waals surface area contributed by atoms with Crippen LogP contribution >= 0.6 is 0 Å². The van der Waals surface area contributed by atoms with Crippen molar-refractivity contribution in [3.8, 4) is 0 Å². The molecule has 6 heteroatoms. The highest BCUT2D eigenvalue weighted by molar-refractivity contribution is 5.71. The second kappa shape index (κ2) is 3.38. The second-order valence-corrected chi connectivity index (χ2v) is 3.13. The summed E-state index contributed by atoms with van der Waals surface area (Å²) in [4.78, 5) is 23.6. The summed E-state index contributed by atoms with van der Waals surface area (Å²) < 4.78 is 7.31. The molecule has 0 atom stereocenters. The Balaban J connectivity index is 3.04. The van der Waals surface area contributed by atoms with Gasteiger partial charge in [-0.3, -0.25) is 13.9 Å². The van der Waals surface area contributed by atoms with Crippen molar-refractivity contribution >= 4 is 11.0 Å². The number of hydrogen-bond acceptors (Lipinski definition) is 4. The third-order valence-corrected chi connectivity index (χ3v) is 2.38. The third-order valence-electron chi connectivity index (χ3n) is 2.38. The molecule has 0 fully saturated rings. The van der Waals surface area contributed by atoms with E-state index >= 15 is 0 Å². The fraction of sp³-hybridized carbons (Fsp3) is 0.444. The van der Waals surface area contributed by atoms with Crippen LogP contribution < -0.4 is 11.2 Å². The smallest absolute Gasteiger partial charge is 0.332 e. The van der Waals surface area contributed by atoms with E-state index in [1.807, 2.05) is 6.92 Å². The van der Waals surface area contributed by atoms with Crippen molar-refractivity contribution in [2.75, 3.05) is 0 Å². The van der Waals surface area contributed by atoms with E-state index in [0.29, 0.717) is 24.1 Å². The van der Waals surface area contributed by atoms with Gasteiger partial charge >= 0.3 is 5.69 Å². The van der Waals surface area contributed by atoms with Gasteiger partial charge in [0.15, 0.2) is 5.65 Å². The van der Waals surface area contributed by atoms with Crippen LogP contribution in [0.4, 0.5) is 0 Å². The zero-order valence-corrected chi connectivity index (χ0v) is 8.56. The van der Waals surface area contributed by atoms with Crippen LogP contribution in [0.25, 0.3) is 11.0 Å². The van der Waals surface area contributed by atoms with Crippen LogP contribution in [0.5, 0.6) is 0 Å². The van der Waals surface area contributed by atoms with Crippen molar-refractivity contribution in [2.45, 2.75) is 26.9 Å². The van der Waals surface area contributed by atoms with Crippen molar-refractivity contribution in [2.24, 2.45) is 0 Å². The summed E-state index contributed by atoms with van der Waals surface area (Å²) in [5, 5.41) is 4.01. The monoisotopic (exact) mass is 209 g/mol. The average molecular weight is 209 g/mol. The minimum Gasteiger partial charge on any atom is -0.362 e. The molecule has 0 unspecified atom stereocenters. The van der Waals surface area contributed by atoms with Gasteiger partial charge in [-0.2, -0.15) is 0 Å². The molecule has 2 aromatic rings. The molecule has 0 N–H and O–H groups in total. The molecule has 0 amide bonds. The molecule has 15 heavy (non-hydrogen) atoms. The number of rotatable bonds is 2. The van der Waals surface area contributed by atoms with E-state index in [2.05, 4.69) is 5.16 Å². The van der Waals surface area contributed by atoms with E-state index in [1.165, 1.54) is 15.4 Å². The topological polar surface area (TPSA) is 70.0 Å². The summed E-state index contributed by atoms with van der Waals surface area (Å²) in [5.41, 5.74) is -0.368. The molecule has 0 spiro atoms. The maximum absolute atomic E-state index is 11.8.